The molecule has 0 saturated carbocycles. The van der Waals surface area contributed by atoms with Crippen LogP contribution in [0.5, 0.6) is 5.75 Å². The zero-order valence-electron chi connectivity index (χ0n) is 10.3. The van der Waals surface area contributed by atoms with Crippen molar-refractivity contribution < 1.29 is 14.2 Å². The van der Waals surface area contributed by atoms with Crippen LogP contribution < -0.4 is 4.74 Å². The third-order valence-corrected chi connectivity index (χ3v) is 3.71. The van der Waals surface area contributed by atoms with Crippen molar-refractivity contribution in [3.05, 3.63) is 52.0 Å². The lowest BCUT2D eigenvalue weighted by Gasteiger charge is -2.25. The summed E-state index contributed by atoms with van der Waals surface area (Å²) in [4.78, 5) is 1.00. The van der Waals surface area contributed by atoms with Gasteiger partial charge in [-0.3, -0.25) is 0 Å². The summed E-state index contributed by atoms with van der Waals surface area (Å²) in [6.07, 6.45) is 0.363. The first-order valence-electron chi connectivity index (χ1n) is 5.62. The Hall–Kier alpha value is -1.39. The fourth-order valence-electron chi connectivity index (χ4n) is 2.04. The van der Waals surface area contributed by atoms with Crippen molar-refractivity contribution in [2.45, 2.75) is 18.9 Å². The molecular weight excluding hydrogens is 251 g/mol. The van der Waals surface area contributed by atoms with E-state index >= 15 is 0 Å². The number of methoxy groups -OCH3 is 1. The number of rotatable bonds is 4. The summed E-state index contributed by atoms with van der Waals surface area (Å²) in [5.41, 5.74) is -1.08. The van der Waals surface area contributed by atoms with Crippen LogP contribution in [0.1, 0.15) is 17.4 Å². The van der Waals surface area contributed by atoms with E-state index < -0.39 is 11.4 Å². The maximum absolute atomic E-state index is 13.9. The van der Waals surface area contributed by atoms with Crippen LogP contribution in [-0.4, -0.2) is 12.2 Å². The number of ether oxygens (including phenoxy) is 1. The molecule has 4 heteroatoms. The largest absolute Gasteiger partial charge is 0.496 e. The highest BCUT2D eigenvalue weighted by Gasteiger charge is 2.30. The van der Waals surface area contributed by atoms with Crippen LogP contribution >= 0.6 is 11.3 Å². The van der Waals surface area contributed by atoms with Gasteiger partial charge in [-0.25, -0.2) is 4.39 Å². The van der Waals surface area contributed by atoms with Crippen LogP contribution in [0.4, 0.5) is 4.39 Å². The van der Waals surface area contributed by atoms with Crippen molar-refractivity contribution >= 4 is 11.3 Å². The summed E-state index contributed by atoms with van der Waals surface area (Å²) in [6.45, 7) is 1.60. The van der Waals surface area contributed by atoms with E-state index in [9.17, 15) is 9.50 Å². The molecule has 0 saturated heterocycles. The van der Waals surface area contributed by atoms with Gasteiger partial charge < -0.3 is 9.84 Å². The molecule has 1 heterocycles. The van der Waals surface area contributed by atoms with E-state index in [4.69, 9.17) is 4.74 Å². The first kappa shape index (κ1) is 13.1. The van der Waals surface area contributed by atoms with Gasteiger partial charge in [0.25, 0.3) is 0 Å². The Kier molecular flexibility index (Phi) is 3.68. The zero-order chi connectivity index (χ0) is 13.2. The second-order valence-corrected chi connectivity index (χ2v) is 5.38. The van der Waals surface area contributed by atoms with Crippen molar-refractivity contribution in [3.8, 4) is 5.75 Å². The minimum absolute atomic E-state index is 0.209. The van der Waals surface area contributed by atoms with Gasteiger partial charge >= 0.3 is 0 Å². The van der Waals surface area contributed by atoms with Gasteiger partial charge in [-0.05, 0) is 30.5 Å². The topological polar surface area (TPSA) is 29.5 Å². The highest BCUT2D eigenvalue weighted by molar-refractivity contribution is 7.09. The number of hydrogen-bond donors (Lipinski definition) is 1. The summed E-state index contributed by atoms with van der Waals surface area (Å²) in [7, 11) is 1.47. The van der Waals surface area contributed by atoms with E-state index in [0.717, 1.165) is 4.88 Å². The van der Waals surface area contributed by atoms with Crippen LogP contribution in [0.2, 0.25) is 0 Å². The van der Waals surface area contributed by atoms with Gasteiger partial charge in [-0.2, -0.15) is 0 Å². The molecule has 0 amide bonds. The average Bonchev–Trinajstić information content (AvgIpc) is 2.80. The van der Waals surface area contributed by atoms with E-state index in [0.29, 0.717) is 12.2 Å². The van der Waals surface area contributed by atoms with Crippen LogP contribution in [0, 0.1) is 5.82 Å². The third-order valence-electron chi connectivity index (χ3n) is 2.83. The number of aliphatic hydroxyl groups is 1. The second kappa shape index (κ2) is 5.08. The van der Waals surface area contributed by atoms with Crippen molar-refractivity contribution in [1.29, 1.82) is 0 Å². The third kappa shape index (κ3) is 2.54. The molecule has 0 aliphatic rings. The molecule has 0 radical (unpaired) electrons. The molecule has 0 bridgehead atoms. The van der Waals surface area contributed by atoms with Crippen LogP contribution in [0.15, 0.2) is 35.7 Å². The van der Waals surface area contributed by atoms with E-state index in [-0.39, 0.29) is 5.56 Å². The fraction of sp³-hybridized carbons (Fsp3) is 0.286. The number of halogens is 1. The van der Waals surface area contributed by atoms with Gasteiger partial charge in [0, 0.05) is 11.3 Å². The first-order valence-corrected chi connectivity index (χ1v) is 6.50. The molecule has 0 aliphatic carbocycles. The van der Waals surface area contributed by atoms with Crippen molar-refractivity contribution in [1.82, 2.24) is 0 Å². The smallest absolute Gasteiger partial charge is 0.133 e. The predicted molar refractivity (Wildman–Crippen MR) is 70.5 cm³/mol. The Morgan fingerprint density at radius 2 is 2.11 bits per heavy atom. The van der Waals surface area contributed by atoms with Gasteiger partial charge in [-0.1, -0.05) is 12.1 Å². The zero-order valence-corrected chi connectivity index (χ0v) is 11.1. The standard InChI is InChI=1S/C14H15FO2S/c1-14(16,9-10-5-4-8-18-10)13-11(15)6-3-7-12(13)17-2/h3-8,16H,9H2,1-2H3. The highest BCUT2D eigenvalue weighted by atomic mass is 32.1. The van der Waals surface area contributed by atoms with Crippen LogP contribution in [0.3, 0.4) is 0 Å². The van der Waals surface area contributed by atoms with Crippen molar-refractivity contribution in [3.63, 3.8) is 0 Å². The normalized spacial score (nSPS) is 14.2. The van der Waals surface area contributed by atoms with Gasteiger partial charge in [-0.15, -0.1) is 11.3 Å². The Morgan fingerprint density at radius 3 is 2.72 bits per heavy atom. The fourth-order valence-corrected chi connectivity index (χ4v) is 2.89. The highest BCUT2D eigenvalue weighted by Crippen LogP contribution is 2.35. The lowest BCUT2D eigenvalue weighted by atomic mass is 9.90. The molecule has 1 unspecified atom stereocenters. The SMILES string of the molecule is COc1cccc(F)c1C(C)(O)Cc1cccs1. The molecule has 1 aromatic carbocycles. The van der Waals surface area contributed by atoms with E-state index in [2.05, 4.69) is 0 Å². The Labute approximate surface area is 110 Å². The molecule has 18 heavy (non-hydrogen) atoms. The lowest BCUT2D eigenvalue weighted by Crippen LogP contribution is -2.26. The average molecular weight is 266 g/mol. The quantitative estimate of drug-likeness (QED) is 0.919. The van der Waals surface area contributed by atoms with E-state index in [1.807, 2.05) is 17.5 Å². The van der Waals surface area contributed by atoms with Gasteiger partial charge in [0.2, 0.25) is 0 Å². The molecular formula is C14H15FO2S. The molecule has 2 nitrogen and oxygen atoms in total. The second-order valence-electron chi connectivity index (χ2n) is 4.35. The molecule has 0 spiro atoms. The maximum Gasteiger partial charge on any atom is 0.133 e. The number of thiophene rings is 1. The van der Waals surface area contributed by atoms with Gasteiger partial charge in [0.05, 0.1) is 18.3 Å². The Balaban J connectivity index is 2.40. The minimum atomic E-state index is -1.29. The van der Waals surface area contributed by atoms with Gasteiger partial charge in [0.15, 0.2) is 0 Å². The van der Waals surface area contributed by atoms with Crippen molar-refractivity contribution in [2.24, 2.45) is 0 Å². The summed E-state index contributed by atoms with van der Waals surface area (Å²) in [6, 6.07) is 8.39. The predicted octanol–water partition coefficient (Wildman–Crippen LogP) is 3.35. The molecule has 2 aromatic rings. The number of benzene rings is 1. The molecule has 1 aromatic heterocycles. The van der Waals surface area contributed by atoms with Crippen LogP contribution in [0.25, 0.3) is 0 Å². The Morgan fingerprint density at radius 1 is 1.33 bits per heavy atom. The van der Waals surface area contributed by atoms with E-state index in [1.54, 1.807) is 30.4 Å². The van der Waals surface area contributed by atoms with Gasteiger partial charge in [0.1, 0.15) is 11.6 Å². The van der Waals surface area contributed by atoms with Crippen molar-refractivity contribution in [2.75, 3.05) is 7.11 Å². The summed E-state index contributed by atoms with van der Waals surface area (Å²) in [5, 5.41) is 12.5. The Bertz CT molecular complexity index is 521. The molecule has 96 valence electrons. The molecule has 0 aliphatic heterocycles. The summed E-state index contributed by atoms with van der Waals surface area (Å²) in [5.74, 6) is -0.0764. The first-order chi connectivity index (χ1) is 8.54. The molecule has 1 atom stereocenters. The lowest BCUT2D eigenvalue weighted by molar-refractivity contribution is 0.0518. The minimum Gasteiger partial charge on any atom is -0.496 e. The maximum atomic E-state index is 13.9. The van der Waals surface area contributed by atoms with Crippen LogP contribution in [-0.2, 0) is 12.0 Å². The summed E-state index contributed by atoms with van der Waals surface area (Å²) >= 11 is 1.54. The molecule has 0 fully saturated rings. The monoisotopic (exact) mass is 266 g/mol. The molecule has 2 rings (SSSR count). The molecule has 1 N–H and O–H groups in total. The summed E-state index contributed by atoms with van der Waals surface area (Å²) < 4.78 is 19.1. The number of hydrogen-bond acceptors (Lipinski definition) is 3. The van der Waals surface area contributed by atoms with E-state index in [1.165, 1.54) is 13.2 Å².